The van der Waals surface area contributed by atoms with Crippen LogP contribution >= 0.6 is 11.6 Å². The Kier molecular flexibility index (Phi) is 4.64. The summed E-state index contributed by atoms with van der Waals surface area (Å²) in [5, 5.41) is 0.554. The second-order valence-corrected chi connectivity index (χ2v) is 8.23. The van der Waals surface area contributed by atoms with E-state index in [4.69, 9.17) is 30.8 Å². The molecule has 6 rings (SSSR count). The number of benzene rings is 2. The molecule has 2 aromatic carbocycles. The number of imidazole rings is 1. The fraction of sp³-hybridized carbons (Fsp3) is 0.250. The molecule has 0 aliphatic carbocycles. The van der Waals surface area contributed by atoms with Crippen LogP contribution in [-0.4, -0.2) is 46.5 Å². The normalized spacial score (nSPS) is 22.7. The summed E-state index contributed by atoms with van der Waals surface area (Å²) in [5.41, 5.74) is 5.22. The third kappa shape index (κ3) is 3.47. The summed E-state index contributed by atoms with van der Waals surface area (Å²) >= 11 is 6.56. The molecule has 31 heavy (non-hydrogen) atoms. The van der Waals surface area contributed by atoms with Gasteiger partial charge in [-0.15, -0.1) is 0 Å². The van der Waals surface area contributed by atoms with Crippen molar-refractivity contribution in [1.29, 1.82) is 0 Å². The smallest absolute Gasteiger partial charge is 0.296 e. The van der Waals surface area contributed by atoms with Gasteiger partial charge < -0.3 is 19.2 Å². The molecule has 2 aliphatic rings. The first-order chi connectivity index (χ1) is 15.2. The lowest BCUT2D eigenvalue weighted by Gasteiger charge is -2.15. The maximum Gasteiger partial charge on any atom is 0.296 e. The average molecular weight is 434 g/mol. The van der Waals surface area contributed by atoms with Gasteiger partial charge in [0.25, 0.3) is 6.01 Å². The fourth-order valence-electron chi connectivity index (χ4n) is 4.28. The molecule has 3 unspecified atom stereocenters. The Morgan fingerprint density at radius 1 is 0.935 bits per heavy atom. The minimum absolute atomic E-state index is 0.0385. The Labute approximate surface area is 184 Å². The third-order valence-electron chi connectivity index (χ3n) is 5.85. The maximum atomic E-state index is 6.56. The van der Waals surface area contributed by atoms with Crippen LogP contribution in [-0.2, 0) is 9.47 Å². The van der Waals surface area contributed by atoms with Gasteiger partial charge in [0, 0.05) is 12.2 Å². The summed E-state index contributed by atoms with van der Waals surface area (Å²) in [7, 11) is 0. The Morgan fingerprint density at radius 2 is 1.71 bits per heavy atom. The van der Waals surface area contributed by atoms with E-state index < -0.39 is 0 Å². The third-order valence-corrected chi connectivity index (χ3v) is 6.14. The molecule has 1 N–H and O–H groups in total. The molecule has 2 fully saturated rings. The van der Waals surface area contributed by atoms with Crippen LogP contribution in [0.25, 0.3) is 33.5 Å². The number of H-pyrrole nitrogens is 1. The van der Waals surface area contributed by atoms with Crippen LogP contribution in [0.3, 0.4) is 0 Å². The van der Waals surface area contributed by atoms with Gasteiger partial charge in [0.2, 0.25) is 0 Å². The van der Waals surface area contributed by atoms with Crippen LogP contribution in [0.1, 0.15) is 6.42 Å². The van der Waals surface area contributed by atoms with Crippen LogP contribution in [0.2, 0.25) is 5.02 Å². The van der Waals surface area contributed by atoms with Gasteiger partial charge in [-0.3, -0.25) is 0 Å². The Balaban J connectivity index is 1.28. The van der Waals surface area contributed by atoms with E-state index in [1.54, 1.807) is 0 Å². The highest BCUT2D eigenvalue weighted by Crippen LogP contribution is 2.32. The molecular formula is C24H20ClN3O3. The predicted molar refractivity (Wildman–Crippen MR) is 118 cm³/mol. The number of fused-ring (bicyclic) bond motifs is 2. The summed E-state index contributed by atoms with van der Waals surface area (Å²) in [6.45, 7) is 1.21. The molecule has 2 aromatic heterocycles. The lowest BCUT2D eigenvalue weighted by Crippen LogP contribution is -2.32. The van der Waals surface area contributed by atoms with Gasteiger partial charge in [0.15, 0.2) is 11.8 Å². The van der Waals surface area contributed by atoms with Crippen molar-refractivity contribution in [3.8, 4) is 28.4 Å². The molecular weight excluding hydrogens is 414 g/mol. The van der Waals surface area contributed by atoms with Gasteiger partial charge in [-0.1, -0.05) is 66.2 Å². The van der Waals surface area contributed by atoms with Crippen molar-refractivity contribution in [2.45, 2.75) is 24.7 Å². The first-order valence-electron chi connectivity index (χ1n) is 10.4. The van der Waals surface area contributed by atoms with Gasteiger partial charge in [-0.05, 0) is 23.6 Å². The minimum atomic E-state index is -0.173. The van der Waals surface area contributed by atoms with E-state index in [1.165, 1.54) is 5.56 Å². The van der Waals surface area contributed by atoms with Crippen molar-refractivity contribution in [2.24, 2.45) is 0 Å². The molecule has 4 heterocycles. The molecule has 7 heteroatoms. The summed E-state index contributed by atoms with van der Waals surface area (Å²) in [6, 6.07) is 20.7. The zero-order valence-electron chi connectivity index (χ0n) is 16.6. The molecule has 4 aromatic rings. The van der Waals surface area contributed by atoms with E-state index in [0.29, 0.717) is 35.6 Å². The molecule has 2 aliphatic heterocycles. The monoisotopic (exact) mass is 433 g/mol. The molecule has 0 bridgehead atoms. The topological polar surface area (TPSA) is 69.3 Å². The van der Waals surface area contributed by atoms with Crippen molar-refractivity contribution in [2.75, 3.05) is 13.2 Å². The molecule has 6 nitrogen and oxygen atoms in total. The molecule has 156 valence electrons. The Morgan fingerprint density at radius 3 is 2.55 bits per heavy atom. The molecule has 2 saturated heterocycles. The van der Waals surface area contributed by atoms with Gasteiger partial charge in [0.05, 0.1) is 28.9 Å². The molecule has 0 spiro atoms. The van der Waals surface area contributed by atoms with Crippen molar-refractivity contribution < 1.29 is 14.2 Å². The van der Waals surface area contributed by atoms with E-state index in [2.05, 4.69) is 34.2 Å². The van der Waals surface area contributed by atoms with Gasteiger partial charge in [-0.25, -0.2) is 4.98 Å². The number of hydrogen-bond acceptors (Lipinski definition) is 5. The number of rotatable bonds is 4. The SMILES string of the molecule is Clc1cc2[nH]c(OC3COC4CCOC43)nc2nc1-c1ccc(-c2ccccc2)cc1. The summed E-state index contributed by atoms with van der Waals surface area (Å²) in [6.07, 6.45) is 0.818. The first kappa shape index (κ1) is 18.8. The summed E-state index contributed by atoms with van der Waals surface area (Å²) in [4.78, 5) is 12.4. The Hall–Kier alpha value is -2.93. The predicted octanol–water partition coefficient (Wildman–Crippen LogP) is 4.88. The lowest BCUT2D eigenvalue weighted by atomic mass is 10.0. The number of pyridine rings is 1. The van der Waals surface area contributed by atoms with Crippen LogP contribution in [0, 0.1) is 0 Å². The molecule has 0 amide bonds. The second-order valence-electron chi connectivity index (χ2n) is 7.83. The van der Waals surface area contributed by atoms with E-state index in [1.807, 2.05) is 36.4 Å². The minimum Gasteiger partial charge on any atom is -0.456 e. The summed E-state index contributed by atoms with van der Waals surface area (Å²) < 4.78 is 17.5. The van der Waals surface area contributed by atoms with Gasteiger partial charge >= 0.3 is 0 Å². The molecule has 0 radical (unpaired) electrons. The van der Waals surface area contributed by atoms with E-state index in [-0.39, 0.29) is 18.3 Å². The van der Waals surface area contributed by atoms with Crippen LogP contribution < -0.4 is 4.74 Å². The van der Waals surface area contributed by atoms with E-state index >= 15 is 0 Å². The first-order valence-corrected chi connectivity index (χ1v) is 10.7. The van der Waals surface area contributed by atoms with Crippen LogP contribution in [0.5, 0.6) is 6.01 Å². The van der Waals surface area contributed by atoms with Crippen molar-refractivity contribution in [3.63, 3.8) is 0 Å². The van der Waals surface area contributed by atoms with Gasteiger partial charge in [-0.2, -0.15) is 4.98 Å². The highest BCUT2D eigenvalue weighted by molar-refractivity contribution is 6.33. The highest BCUT2D eigenvalue weighted by Gasteiger charge is 2.43. The highest BCUT2D eigenvalue weighted by atomic mass is 35.5. The van der Waals surface area contributed by atoms with Crippen molar-refractivity contribution in [1.82, 2.24) is 15.0 Å². The number of nitrogens with zero attached hydrogens (tertiary/aromatic N) is 2. The average Bonchev–Trinajstić information content (AvgIpc) is 3.51. The number of aromatic amines is 1. The zero-order valence-corrected chi connectivity index (χ0v) is 17.4. The van der Waals surface area contributed by atoms with Crippen LogP contribution in [0.15, 0.2) is 60.7 Å². The number of halogens is 1. The van der Waals surface area contributed by atoms with Crippen molar-refractivity contribution >= 4 is 22.8 Å². The quantitative estimate of drug-likeness (QED) is 0.496. The largest absolute Gasteiger partial charge is 0.456 e. The van der Waals surface area contributed by atoms with Gasteiger partial charge in [0.1, 0.15) is 6.10 Å². The van der Waals surface area contributed by atoms with Crippen molar-refractivity contribution in [3.05, 3.63) is 65.7 Å². The summed E-state index contributed by atoms with van der Waals surface area (Å²) in [5.74, 6) is 0. The number of hydrogen-bond donors (Lipinski definition) is 1. The zero-order chi connectivity index (χ0) is 20.8. The second kappa shape index (κ2) is 7.64. The number of nitrogens with one attached hydrogen (secondary N) is 1. The van der Waals surface area contributed by atoms with E-state index in [0.717, 1.165) is 23.1 Å². The fourth-order valence-corrected chi connectivity index (χ4v) is 4.54. The van der Waals surface area contributed by atoms with E-state index in [9.17, 15) is 0 Å². The lowest BCUT2D eigenvalue weighted by molar-refractivity contribution is 0.0273. The number of aromatic nitrogens is 3. The Bertz CT molecular complexity index is 1230. The van der Waals surface area contributed by atoms with Crippen LogP contribution in [0.4, 0.5) is 0 Å². The molecule has 3 atom stereocenters. The maximum absolute atomic E-state index is 6.56. The number of ether oxygens (including phenoxy) is 3. The standard InChI is InChI=1S/C24H20ClN3O3/c25-17-12-18-23(28-24(26-18)31-20-13-30-19-10-11-29-22(19)20)27-21(17)16-8-6-15(7-9-16)14-4-2-1-3-5-14/h1-9,12,19-20,22H,10-11,13H2,(H,26,27,28). The molecule has 0 saturated carbocycles.